The number of imide groups is 1. The molecule has 1 aliphatic rings. The number of hydrogen-bond acceptors (Lipinski definition) is 3. The Hall–Kier alpha value is -1.88. The van der Waals surface area contributed by atoms with Gasteiger partial charge in [-0.25, -0.2) is 4.98 Å². The van der Waals surface area contributed by atoms with Crippen LogP contribution >= 0.6 is 11.6 Å². The fourth-order valence-electron chi connectivity index (χ4n) is 2.80. The average molecular weight is 306 g/mol. The average Bonchev–Trinajstić information content (AvgIpc) is 2.91. The van der Waals surface area contributed by atoms with E-state index in [1.165, 1.54) is 11.9 Å². The van der Waals surface area contributed by atoms with E-state index < -0.39 is 6.04 Å². The van der Waals surface area contributed by atoms with Crippen LogP contribution in [0, 0.1) is 6.92 Å². The van der Waals surface area contributed by atoms with Crippen molar-refractivity contribution >= 4 is 34.4 Å². The third-order valence-electron chi connectivity index (χ3n) is 3.91. The Kier molecular flexibility index (Phi) is 3.45. The molecule has 2 amide bonds. The molecule has 0 radical (unpaired) electrons. The van der Waals surface area contributed by atoms with Crippen LogP contribution in [0.3, 0.4) is 0 Å². The van der Waals surface area contributed by atoms with Crippen LogP contribution in [0.25, 0.3) is 11.0 Å². The second kappa shape index (κ2) is 5.15. The predicted molar refractivity (Wildman–Crippen MR) is 80.3 cm³/mol. The summed E-state index contributed by atoms with van der Waals surface area (Å²) in [6, 6.07) is 5.41. The lowest BCUT2D eigenvalue weighted by atomic mass is 10.2. The number of nitrogens with zero attached hydrogens (tertiary/aromatic N) is 3. The highest BCUT2D eigenvalue weighted by atomic mass is 35.5. The SMILES string of the molecule is Cc1ccc2nc(CCCl)n(C3CC(=O)N(C)C3=O)c2c1. The van der Waals surface area contributed by atoms with Gasteiger partial charge in [0, 0.05) is 19.3 Å². The van der Waals surface area contributed by atoms with Crippen molar-refractivity contribution < 1.29 is 9.59 Å². The van der Waals surface area contributed by atoms with Crippen molar-refractivity contribution in [1.29, 1.82) is 0 Å². The number of rotatable bonds is 3. The molecule has 0 saturated carbocycles. The summed E-state index contributed by atoms with van der Waals surface area (Å²) < 4.78 is 1.88. The number of fused-ring (bicyclic) bond motifs is 1. The number of aromatic nitrogens is 2. The first-order valence-corrected chi connectivity index (χ1v) is 7.40. The summed E-state index contributed by atoms with van der Waals surface area (Å²) in [6.07, 6.45) is 0.751. The molecule has 21 heavy (non-hydrogen) atoms. The zero-order chi connectivity index (χ0) is 15.1. The molecule has 1 saturated heterocycles. The normalized spacial score (nSPS) is 19.0. The van der Waals surface area contributed by atoms with E-state index in [0.717, 1.165) is 22.4 Å². The van der Waals surface area contributed by atoms with E-state index in [9.17, 15) is 9.59 Å². The summed E-state index contributed by atoms with van der Waals surface area (Å²) in [6.45, 7) is 1.99. The molecule has 0 bridgehead atoms. The van der Waals surface area contributed by atoms with Gasteiger partial charge in [0.25, 0.3) is 5.91 Å². The third-order valence-corrected chi connectivity index (χ3v) is 4.09. The minimum Gasteiger partial charge on any atom is -0.315 e. The van der Waals surface area contributed by atoms with Crippen LogP contribution in [-0.4, -0.2) is 39.2 Å². The summed E-state index contributed by atoms with van der Waals surface area (Å²) in [5.41, 5.74) is 2.80. The first kappa shape index (κ1) is 14.1. The van der Waals surface area contributed by atoms with Gasteiger partial charge < -0.3 is 4.57 Å². The summed E-state index contributed by atoms with van der Waals surface area (Å²) in [5, 5.41) is 0. The Bertz CT molecular complexity index is 738. The Labute approximate surface area is 127 Å². The molecule has 0 N–H and O–H groups in total. The van der Waals surface area contributed by atoms with Crippen molar-refractivity contribution in [3.8, 4) is 0 Å². The molecule has 1 fully saturated rings. The van der Waals surface area contributed by atoms with Gasteiger partial charge in [-0.2, -0.15) is 0 Å². The molecule has 1 aliphatic heterocycles. The summed E-state index contributed by atoms with van der Waals surface area (Å²) >= 11 is 5.85. The van der Waals surface area contributed by atoms with Crippen molar-refractivity contribution in [3.05, 3.63) is 29.6 Å². The van der Waals surface area contributed by atoms with E-state index >= 15 is 0 Å². The molecule has 1 unspecified atom stereocenters. The topological polar surface area (TPSA) is 55.2 Å². The number of carbonyl (C=O) groups excluding carboxylic acids is 2. The molecule has 0 spiro atoms. The van der Waals surface area contributed by atoms with Gasteiger partial charge >= 0.3 is 0 Å². The Morgan fingerprint density at radius 3 is 2.76 bits per heavy atom. The number of halogens is 1. The molecule has 2 heterocycles. The van der Waals surface area contributed by atoms with Gasteiger partial charge in [0.05, 0.1) is 17.5 Å². The van der Waals surface area contributed by atoms with Crippen molar-refractivity contribution in [2.24, 2.45) is 0 Å². The molecular formula is C15H16ClN3O2. The van der Waals surface area contributed by atoms with Crippen LogP contribution in [0.2, 0.25) is 0 Å². The summed E-state index contributed by atoms with van der Waals surface area (Å²) in [4.78, 5) is 29.9. The van der Waals surface area contributed by atoms with E-state index in [1.807, 2.05) is 29.7 Å². The molecule has 110 valence electrons. The summed E-state index contributed by atoms with van der Waals surface area (Å²) in [5.74, 6) is 0.840. The van der Waals surface area contributed by atoms with E-state index in [4.69, 9.17) is 11.6 Å². The zero-order valence-corrected chi connectivity index (χ0v) is 12.7. The maximum absolute atomic E-state index is 12.3. The van der Waals surface area contributed by atoms with Gasteiger partial charge in [0.15, 0.2) is 0 Å². The van der Waals surface area contributed by atoms with Gasteiger partial charge in [0.1, 0.15) is 11.9 Å². The number of aryl methyl sites for hydroxylation is 2. The van der Waals surface area contributed by atoms with Crippen LogP contribution in [0.5, 0.6) is 0 Å². The second-order valence-electron chi connectivity index (χ2n) is 5.34. The minimum atomic E-state index is -0.507. The molecule has 1 aromatic heterocycles. The van der Waals surface area contributed by atoms with Gasteiger partial charge in [0.2, 0.25) is 5.91 Å². The lowest BCUT2D eigenvalue weighted by molar-refractivity contribution is -0.137. The fourth-order valence-corrected chi connectivity index (χ4v) is 2.97. The van der Waals surface area contributed by atoms with E-state index in [2.05, 4.69) is 4.98 Å². The maximum Gasteiger partial charge on any atom is 0.252 e. The Morgan fingerprint density at radius 1 is 1.38 bits per heavy atom. The molecule has 0 aliphatic carbocycles. The molecule has 5 nitrogen and oxygen atoms in total. The quantitative estimate of drug-likeness (QED) is 0.644. The van der Waals surface area contributed by atoms with E-state index in [-0.39, 0.29) is 18.2 Å². The number of amides is 2. The molecule has 3 rings (SSSR count). The third kappa shape index (κ3) is 2.21. The number of carbonyl (C=O) groups is 2. The lowest BCUT2D eigenvalue weighted by Gasteiger charge is -2.14. The number of likely N-dealkylation sites (N-methyl/N-ethyl adjacent to an activating group) is 1. The first-order chi connectivity index (χ1) is 10.0. The van der Waals surface area contributed by atoms with Gasteiger partial charge in [-0.15, -0.1) is 11.6 Å². The number of benzene rings is 1. The van der Waals surface area contributed by atoms with Crippen molar-refractivity contribution in [2.75, 3.05) is 12.9 Å². The zero-order valence-electron chi connectivity index (χ0n) is 12.0. The highest BCUT2D eigenvalue weighted by Gasteiger charge is 2.38. The van der Waals surface area contributed by atoms with Crippen LogP contribution in [0.15, 0.2) is 18.2 Å². The standard InChI is InChI=1S/C15H16ClN3O2/c1-9-3-4-10-11(7-9)19(13(17-10)5-6-16)12-8-14(20)18(2)15(12)21/h3-4,7,12H,5-6,8H2,1-2H3. The van der Waals surface area contributed by atoms with Crippen molar-refractivity contribution in [3.63, 3.8) is 0 Å². The summed E-state index contributed by atoms with van der Waals surface area (Å²) in [7, 11) is 1.52. The van der Waals surface area contributed by atoms with Gasteiger partial charge in [-0.05, 0) is 24.6 Å². The largest absolute Gasteiger partial charge is 0.315 e. The molecular weight excluding hydrogens is 290 g/mol. The highest BCUT2D eigenvalue weighted by Crippen LogP contribution is 2.30. The first-order valence-electron chi connectivity index (χ1n) is 6.86. The van der Waals surface area contributed by atoms with Crippen LogP contribution in [-0.2, 0) is 16.0 Å². The second-order valence-corrected chi connectivity index (χ2v) is 5.72. The van der Waals surface area contributed by atoms with Crippen molar-refractivity contribution in [1.82, 2.24) is 14.5 Å². The number of hydrogen-bond donors (Lipinski definition) is 0. The Balaban J connectivity index is 2.19. The maximum atomic E-state index is 12.3. The predicted octanol–water partition coefficient (Wildman–Crippen LogP) is 2.06. The number of likely N-dealkylation sites (tertiary alicyclic amines) is 1. The smallest absolute Gasteiger partial charge is 0.252 e. The molecule has 6 heteroatoms. The monoisotopic (exact) mass is 305 g/mol. The van der Waals surface area contributed by atoms with Crippen LogP contribution in [0.1, 0.15) is 23.9 Å². The van der Waals surface area contributed by atoms with Gasteiger partial charge in [-0.1, -0.05) is 6.07 Å². The molecule has 1 aromatic carbocycles. The van der Waals surface area contributed by atoms with Crippen molar-refractivity contribution in [2.45, 2.75) is 25.8 Å². The Morgan fingerprint density at radius 2 is 2.14 bits per heavy atom. The lowest BCUT2D eigenvalue weighted by Crippen LogP contribution is -2.27. The van der Waals surface area contributed by atoms with E-state index in [1.54, 1.807) is 0 Å². The number of imidazole rings is 1. The molecule has 2 aromatic rings. The fraction of sp³-hybridized carbons (Fsp3) is 0.400. The molecule has 1 atom stereocenters. The van der Waals surface area contributed by atoms with E-state index in [0.29, 0.717) is 12.3 Å². The number of alkyl halides is 1. The van der Waals surface area contributed by atoms with Crippen LogP contribution < -0.4 is 0 Å². The highest BCUT2D eigenvalue weighted by molar-refractivity contribution is 6.18. The van der Waals surface area contributed by atoms with Gasteiger partial charge in [-0.3, -0.25) is 14.5 Å². The van der Waals surface area contributed by atoms with Crippen LogP contribution in [0.4, 0.5) is 0 Å². The minimum absolute atomic E-state index is 0.156.